The Morgan fingerprint density at radius 2 is 2.03 bits per heavy atom. The van der Waals surface area contributed by atoms with Gasteiger partial charge in [0.1, 0.15) is 5.76 Å². The SMILES string of the molecule is CC(C)(C)c1ccc2c(c1)C1OCCCC1C(C1=CCC(C(=O)O)=C(O)C=C1)N2. The first kappa shape index (κ1) is 19.8. The van der Waals surface area contributed by atoms with Gasteiger partial charge in [-0.1, -0.05) is 45.1 Å². The van der Waals surface area contributed by atoms with Gasteiger partial charge in [-0.15, -0.1) is 0 Å². The summed E-state index contributed by atoms with van der Waals surface area (Å²) in [5.41, 5.74) is 4.67. The largest absolute Gasteiger partial charge is 0.507 e. The van der Waals surface area contributed by atoms with E-state index in [1.54, 1.807) is 0 Å². The van der Waals surface area contributed by atoms with E-state index in [0.717, 1.165) is 30.7 Å². The highest BCUT2D eigenvalue weighted by Crippen LogP contribution is 2.47. The molecule has 0 amide bonds. The molecule has 3 atom stereocenters. The number of allylic oxidation sites excluding steroid dienone is 2. The first-order valence-corrected chi connectivity index (χ1v) is 10.3. The molecular weight excluding hydrogens is 366 g/mol. The number of anilines is 1. The number of aliphatic hydroxyl groups is 1. The van der Waals surface area contributed by atoms with Gasteiger partial charge in [0, 0.05) is 30.2 Å². The first-order chi connectivity index (χ1) is 13.8. The Balaban J connectivity index is 1.71. The Morgan fingerprint density at radius 3 is 2.76 bits per heavy atom. The second kappa shape index (κ2) is 7.38. The molecule has 3 unspecified atom stereocenters. The maximum Gasteiger partial charge on any atom is 0.335 e. The number of carbonyl (C=O) groups is 1. The molecule has 1 aromatic rings. The molecule has 0 saturated carbocycles. The zero-order valence-electron chi connectivity index (χ0n) is 17.2. The molecule has 0 aromatic heterocycles. The maximum absolute atomic E-state index is 11.4. The van der Waals surface area contributed by atoms with Gasteiger partial charge in [-0.2, -0.15) is 0 Å². The highest BCUT2D eigenvalue weighted by Gasteiger charge is 2.40. The van der Waals surface area contributed by atoms with E-state index in [1.165, 1.54) is 17.2 Å². The molecule has 2 aliphatic heterocycles. The van der Waals surface area contributed by atoms with E-state index in [-0.39, 0.29) is 41.2 Å². The van der Waals surface area contributed by atoms with E-state index < -0.39 is 5.97 Å². The summed E-state index contributed by atoms with van der Waals surface area (Å²) in [6.07, 6.45) is 7.53. The van der Waals surface area contributed by atoms with Crippen LogP contribution in [0.25, 0.3) is 0 Å². The molecule has 0 radical (unpaired) electrons. The van der Waals surface area contributed by atoms with E-state index in [2.05, 4.69) is 44.3 Å². The van der Waals surface area contributed by atoms with Crippen molar-refractivity contribution in [1.82, 2.24) is 0 Å². The van der Waals surface area contributed by atoms with Gasteiger partial charge < -0.3 is 20.3 Å². The lowest BCUT2D eigenvalue weighted by Gasteiger charge is -2.44. The third-order valence-electron chi connectivity index (χ3n) is 6.23. The molecule has 1 saturated heterocycles. The van der Waals surface area contributed by atoms with Gasteiger partial charge in [-0.25, -0.2) is 4.79 Å². The summed E-state index contributed by atoms with van der Waals surface area (Å²) < 4.78 is 6.26. The summed E-state index contributed by atoms with van der Waals surface area (Å²) >= 11 is 0. The molecule has 5 heteroatoms. The summed E-state index contributed by atoms with van der Waals surface area (Å²) in [6, 6.07) is 6.59. The number of aliphatic hydroxyl groups excluding tert-OH is 1. The summed E-state index contributed by atoms with van der Waals surface area (Å²) in [6.45, 7) is 7.41. The van der Waals surface area contributed by atoms with E-state index in [1.807, 2.05) is 12.2 Å². The molecular formula is C24H29NO4. The van der Waals surface area contributed by atoms with Crippen molar-refractivity contribution in [2.45, 2.75) is 57.6 Å². The molecule has 0 bridgehead atoms. The number of fused-ring (bicyclic) bond motifs is 3. The minimum absolute atomic E-state index is 0.0188. The van der Waals surface area contributed by atoms with Gasteiger partial charge in [0.2, 0.25) is 0 Å². The number of ether oxygens (including phenoxy) is 1. The smallest absolute Gasteiger partial charge is 0.335 e. The topological polar surface area (TPSA) is 78.8 Å². The number of hydrogen-bond donors (Lipinski definition) is 3. The lowest BCUT2D eigenvalue weighted by atomic mass is 9.75. The van der Waals surface area contributed by atoms with Crippen molar-refractivity contribution in [1.29, 1.82) is 0 Å². The van der Waals surface area contributed by atoms with Crippen molar-refractivity contribution in [3.05, 3.63) is 64.5 Å². The molecule has 3 N–H and O–H groups in total. The van der Waals surface area contributed by atoms with Gasteiger partial charge in [0.25, 0.3) is 0 Å². The summed E-state index contributed by atoms with van der Waals surface area (Å²) in [5, 5.41) is 23.1. The molecule has 1 fully saturated rings. The predicted molar refractivity (Wildman–Crippen MR) is 113 cm³/mol. The van der Waals surface area contributed by atoms with Crippen LogP contribution in [0.5, 0.6) is 0 Å². The van der Waals surface area contributed by atoms with Crippen LogP contribution < -0.4 is 5.32 Å². The average molecular weight is 395 g/mol. The second-order valence-electron chi connectivity index (χ2n) is 9.18. The number of nitrogens with one attached hydrogen (secondary N) is 1. The number of rotatable bonds is 2. The number of hydrogen-bond acceptors (Lipinski definition) is 4. The third kappa shape index (κ3) is 3.71. The monoisotopic (exact) mass is 395 g/mol. The maximum atomic E-state index is 11.4. The normalized spacial score (nSPS) is 26.7. The van der Waals surface area contributed by atoms with Crippen LogP contribution >= 0.6 is 0 Å². The molecule has 29 heavy (non-hydrogen) atoms. The van der Waals surface area contributed by atoms with Crippen molar-refractivity contribution in [2.75, 3.05) is 11.9 Å². The van der Waals surface area contributed by atoms with Gasteiger partial charge >= 0.3 is 5.97 Å². The summed E-state index contributed by atoms with van der Waals surface area (Å²) in [5.74, 6) is -0.998. The quantitative estimate of drug-likeness (QED) is 0.655. The number of carboxylic acid groups (broad SMARTS) is 1. The zero-order chi connectivity index (χ0) is 20.8. The Kier molecular flexibility index (Phi) is 5.03. The van der Waals surface area contributed by atoms with Crippen LogP contribution in [0, 0.1) is 5.92 Å². The summed E-state index contributed by atoms with van der Waals surface area (Å²) in [7, 11) is 0. The fraction of sp³-hybridized carbons (Fsp3) is 0.458. The van der Waals surface area contributed by atoms with Crippen LogP contribution in [0.2, 0.25) is 0 Å². The highest BCUT2D eigenvalue weighted by atomic mass is 16.5. The van der Waals surface area contributed by atoms with Crippen molar-refractivity contribution >= 4 is 11.7 Å². The fourth-order valence-electron chi connectivity index (χ4n) is 4.56. The van der Waals surface area contributed by atoms with Crippen LogP contribution in [0.3, 0.4) is 0 Å². The molecule has 0 spiro atoms. The second-order valence-corrected chi connectivity index (χ2v) is 9.18. The Bertz CT molecular complexity index is 919. The molecule has 5 nitrogen and oxygen atoms in total. The molecule has 1 aromatic carbocycles. The molecule has 3 aliphatic rings. The van der Waals surface area contributed by atoms with Crippen molar-refractivity contribution in [2.24, 2.45) is 5.92 Å². The number of benzene rings is 1. The van der Waals surface area contributed by atoms with E-state index >= 15 is 0 Å². The standard InChI is InChI=1S/C24H29NO4/c1-24(2,3)15-8-10-19-18(13-15)22-17(5-4-12-29-22)21(25-19)14-6-9-16(23(27)28)20(26)11-7-14/h6-8,10-11,13,17,21-22,25-26H,4-5,9,12H2,1-3H3,(H,27,28). The van der Waals surface area contributed by atoms with Crippen molar-refractivity contribution < 1.29 is 19.7 Å². The lowest BCUT2D eigenvalue weighted by molar-refractivity contribution is -0.132. The summed E-state index contributed by atoms with van der Waals surface area (Å²) in [4.78, 5) is 11.4. The highest BCUT2D eigenvalue weighted by molar-refractivity contribution is 5.88. The number of carboxylic acids is 1. The third-order valence-corrected chi connectivity index (χ3v) is 6.23. The Morgan fingerprint density at radius 1 is 1.24 bits per heavy atom. The van der Waals surface area contributed by atoms with Crippen LogP contribution in [-0.4, -0.2) is 28.8 Å². The van der Waals surface area contributed by atoms with Crippen molar-refractivity contribution in [3.8, 4) is 0 Å². The van der Waals surface area contributed by atoms with Crippen molar-refractivity contribution in [3.63, 3.8) is 0 Å². The van der Waals surface area contributed by atoms with Crippen LogP contribution in [-0.2, 0) is 14.9 Å². The molecule has 4 rings (SSSR count). The van der Waals surface area contributed by atoms with E-state index in [9.17, 15) is 15.0 Å². The van der Waals surface area contributed by atoms with Gasteiger partial charge in [0.05, 0.1) is 17.7 Å². The van der Waals surface area contributed by atoms with E-state index in [4.69, 9.17) is 4.74 Å². The molecule has 2 heterocycles. The van der Waals surface area contributed by atoms with Gasteiger partial charge in [-0.3, -0.25) is 0 Å². The van der Waals surface area contributed by atoms with Crippen LogP contribution in [0.1, 0.15) is 57.3 Å². The molecule has 1 aliphatic carbocycles. The van der Waals surface area contributed by atoms with E-state index in [0.29, 0.717) is 0 Å². The van der Waals surface area contributed by atoms with Gasteiger partial charge in [-0.05, 0) is 41.5 Å². The first-order valence-electron chi connectivity index (χ1n) is 10.3. The molecule has 154 valence electrons. The minimum Gasteiger partial charge on any atom is -0.507 e. The van der Waals surface area contributed by atoms with Crippen LogP contribution in [0.4, 0.5) is 5.69 Å². The predicted octanol–water partition coefficient (Wildman–Crippen LogP) is 5.03. The van der Waals surface area contributed by atoms with Crippen LogP contribution in [0.15, 0.2) is 53.3 Å². The van der Waals surface area contributed by atoms with Gasteiger partial charge in [0.15, 0.2) is 0 Å². The average Bonchev–Trinajstić information content (AvgIpc) is 2.88. The lowest BCUT2D eigenvalue weighted by Crippen LogP contribution is -2.42. The minimum atomic E-state index is -1.08. The Labute approximate surface area is 171 Å². The fourth-order valence-corrected chi connectivity index (χ4v) is 4.56. The number of aliphatic carboxylic acids is 1. The Hall–Kier alpha value is -2.53. The zero-order valence-corrected chi connectivity index (χ0v) is 17.2.